The lowest BCUT2D eigenvalue weighted by molar-refractivity contribution is -0.0454. The van der Waals surface area contributed by atoms with E-state index >= 15 is 0 Å². The largest absolute Gasteiger partial charge is 0.486 e. The number of hydrogen-bond acceptors (Lipinski definition) is 4. The molecule has 1 saturated carbocycles. The van der Waals surface area contributed by atoms with Gasteiger partial charge in [-0.15, -0.1) is 0 Å². The van der Waals surface area contributed by atoms with Crippen LogP contribution in [0.25, 0.3) is 0 Å². The average Bonchev–Trinajstić information content (AvgIpc) is 3.29. The Bertz CT molecular complexity index is 696. The Kier molecular flexibility index (Phi) is 4.26. The fourth-order valence-corrected chi connectivity index (χ4v) is 3.56. The van der Waals surface area contributed by atoms with Crippen LogP contribution < -0.4 is 4.74 Å². The molecule has 1 aliphatic carbocycles. The van der Waals surface area contributed by atoms with Crippen LogP contribution in [0.5, 0.6) is 5.75 Å². The van der Waals surface area contributed by atoms with Crippen molar-refractivity contribution in [3.05, 3.63) is 54.0 Å². The molecule has 0 unspecified atom stereocenters. The van der Waals surface area contributed by atoms with E-state index in [4.69, 9.17) is 13.9 Å². The average molecular weight is 327 g/mol. The first-order chi connectivity index (χ1) is 11.8. The summed E-state index contributed by atoms with van der Waals surface area (Å²) in [5.41, 5.74) is 0. The summed E-state index contributed by atoms with van der Waals surface area (Å²) < 4.78 is 17.1. The second kappa shape index (κ2) is 6.69. The zero-order valence-corrected chi connectivity index (χ0v) is 13.5. The summed E-state index contributed by atoms with van der Waals surface area (Å²) in [5, 5.41) is 0. The van der Waals surface area contributed by atoms with Crippen molar-refractivity contribution in [1.29, 1.82) is 0 Å². The van der Waals surface area contributed by atoms with Gasteiger partial charge in [0.15, 0.2) is 5.76 Å². The second-order valence-corrected chi connectivity index (χ2v) is 6.27. The third kappa shape index (κ3) is 3.04. The summed E-state index contributed by atoms with van der Waals surface area (Å²) in [5.74, 6) is 1.78. The van der Waals surface area contributed by atoms with E-state index < -0.39 is 0 Å². The molecule has 0 radical (unpaired) electrons. The number of ether oxygens (including phenoxy) is 2. The van der Waals surface area contributed by atoms with Gasteiger partial charge in [-0.2, -0.15) is 0 Å². The lowest BCUT2D eigenvalue weighted by Gasteiger charge is -2.37. The van der Waals surface area contributed by atoms with E-state index in [9.17, 15) is 4.79 Å². The van der Waals surface area contributed by atoms with Gasteiger partial charge >= 0.3 is 0 Å². The van der Waals surface area contributed by atoms with Crippen LogP contribution in [0.4, 0.5) is 0 Å². The van der Waals surface area contributed by atoms with E-state index in [1.54, 1.807) is 6.07 Å². The van der Waals surface area contributed by atoms with Gasteiger partial charge < -0.3 is 18.8 Å². The fraction of sp³-hybridized carbons (Fsp3) is 0.421. The van der Waals surface area contributed by atoms with Crippen molar-refractivity contribution in [1.82, 2.24) is 4.90 Å². The van der Waals surface area contributed by atoms with Gasteiger partial charge in [0.1, 0.15) is 18.1 Å². The molecule has 2 aromatic rings. The third-order valence-electron chi connectivity index (χ3n) is 4.74. The smallest absolute Gasteiger partial charge is 0.289 e. The molecule has 126 valence electrons. The number of hydrogen-bond donors (Lipinski definition) is 0. The van der Waals surface area contributed by atoms with E-state index in [1.165, 1.54) is 0 Å². The quantitative estimate of drug-likeness (QED) is 0.865. The predicted octanol–water partition coefficient (Wildman–Crippen LogP) is 3.25. The van der Waals surface area contributed by atoms with Crippen molar-refractivity contribution in [2.75, 3.05) is 13.2 Å². The molecule has 2 fully saturated rings. The lowest BCUT2D eigenvalue weighted by Crippen LogP contribution is -2.51. The van der Waals surface area contributed by atoms with Gasteiger partial charge in [0.25, 0.3) is 5.91 Å². The Morgan fingerprint density at radius 3 is 2.92 bits per heavy atom. The predicted molar refractivity (Wildman–Crippen MR) is 87.9 cm³/mol. The van der Waals surface area contributed by atoms with Gasteiger partial charge in [-0.25, -0.2) is 0 Å². The first-order valence-electron chi connectivity index (χ1n) is 8.50. The molecule has 24 heavy (non-hydrogen) atoms. The van der Waals surface area contributed by atoms with Gasteiger partial charge in [0.05, 0.1) is 18.8 Å². The van der Waals surface area contributed by atoms with Crippen LogP contribution in [0, 0.1) is 0 Å². The van der Waals surface area contributed by atoms with Gasteiger partial charge in [-0.05, 0) is 43.5 Å². The maximum absolute atomic E-state index is 12.8. The number of morpholine rings is 1. The number of fused-ring (bicyclic) bond motifs is 1. The number of amides is 1. The summed E-state index contributed by atoms with van der Waals surface area (Å²) in [7, 11) is 0. The number of carbonyl (C=O) groups is 1. The highest BCUT2D eigenvalue weighted by Crippen LogP contribution is 2.30. The first-order valence-corrected chi connectivity index (χ1v) is 8.50. The number of nitrogens with zero attached hydrogens (tertiary/aromatic N) is 1. The molecule has 5 heteroatoms. The molecule has 2 aliphatic rings. The van der Waals surface area contributed by atoms with Crippen molar-refractivity contribution in [2.45, 2.75) is 38.0 Å². The van der Waals surface area contributed by atoms with Gasteiger partial charge in [-0.3, -0.25) is 4.79 Å². The SMILES string of the molecule is O=C(c1ccc(COc2ccccc2)o1)N1CCO[C@@H]2CCC[C@@H]21. The molecular formula is C19H21NO4. The van der Waals surface area contributed by atoms with E-state index in [-0.39, 0.29) is 18.1 Å². The van der Waals surface area contributed by atoms with Crippen LogP contribution in [0.1, 0.15) is 35.6 Å². The summed E-state index contributed by atoms with van der Waals surface area (Å²) in [6, 6.07) is 13.3. The van der Waals surface area contributed by atoms with Crippen molar-refractivity contribution in [3.63, 3.8) is 0 Å². The molecule has 1 saturated heterocycles. The van der Waals surface area contributed by atoms with Crippen LogP contribution in [0.2, 0.25) is 0 Å². The lowest BCUT2D eigenvalue weighted by atomic mass is 10.1. The highest BCUT2D eigenvalue weighted by atomic mass is 16.5. The van der Waals surface area contributed by atoms with Crippen LogP contribution in [0.15, 0.2) is 46.9 Å². The molecule has 1 aliphatic heterocycles. The van der Waals surface area contributed by atoms with Crippen LogP contribution >= 0.6 is 0 Å². The molecule has 2 heterocycles. The fourth-order valence-electron chi connectivity index (χ4n) is 3.56. The highest BCUT2D eigenvalue weighted by molar-refractivity contribution is 5.92. The van der Waals surface area contributed by atoms with Crippen molar-refractivity contribution >= 4 is 5.91 Å². The molecule has 2 atom stereocenters. The molecule has 0 spiro atoms. The molecule has 0 bridgehead atoms. The normalized spacial score (nSPS) is 23.1. The van der Waals surface area contributed by atoms with Crippen molar-refractivity contribution in [3.8, 4) is 5.75 Å². The summed E-state index contributed by atoms with van der Waals surface area (Å²) in [6.07, 6.45) is 3.37. The Morgan fingerprint density at radius 2 is 2.04 bits per heavy atom. The number of carbonyl (C=O) groups excluding carboxylic acids is 1. The number of para-hydroxylation sites is 1. The molecular weight excluding hydrogens is 306 g/mol. The zero-order valence-electron chi connectivity index (χ0n) is 13.5. The standard InChI is InChI=1S/C19H21NO4/c21-19(20-11-12-22-17-8-4-7-16(17)20)18-10-9-15(24-18)13-23-14-5-2-1-3-6-14/h1-3,5-6,9-10,16-17H,4,7-8,11-13H2/t16-,17+/m0/s1. The van der Waals surface area contributed by atoms with Gasteiger partial charge in [0.2, 0.25) is 0 Å². The second-order valence-electron chi connectivity index (χ2n) is 6.27. The molecule has 1 amide bonds. The molecule has 0 N–H and O–H groups in total. The van der Waals surface area contributed by atoms with Crippen molar-refractivity contribution < 1.29 is 18.7 Å². The minimum atomic E-state index is -0.0406. The number of benzene rings is 1. The zero-order chi connectivity index (χ0) is 16.4. The molecule has 1 aromatic heterocycles. The monoisotopic (exact) mass is 327 g/mol. The van der Waals surface area contributed by atoms with Crippen LogP contribution in [-0.2, 0) is 11.3 Å². The molecule has 5 nitrogen and oxygen atoms in total. The summed E-state index contributed by atoms with van der Waals surface area (Å²) in [4.78, 5) is 14.7. The summed E-state index contributed by atoms with van der Waals surface area (Å²) >= 11 is 0. The first kappa shape index (κ1) is 15.3. The maximum Gasteiger partial charge on any atom is 0.289 e. The van der Waals surface area contributed by atoms with E-state index in [0.717, 1.165) is 25.0 Å². The Morgan fingerprint density at radius 1 is 1.17 bits per heavy atom. The number of rotatable bonds is 4. The summed E-state index contributed by atoms with van der Waals surface area (Å²) in [6.45, 7) is 1.56. The maximum atomic E-state index is 12.8. The van der Waals surface area contributed by atoms with Gasteiger partial charge in [-0.1, -0.05) is 18.2 Å². The van der Waals surface area contributed by atoms with Crippen LogP contribution in [-0.4, -0.2) is 36.1 Å². The van der Waals surface area contributed by atoms with Crippen LogP contribution in [0.3, 0.4) is 0 Å². The molecule has 1 aromatic carbocycles. The topological polar surface area (TPSA) is 51.9 Å². The van der Waals surface area contributed by atoms with E-state index in [0.29, 0.717) is 31.3 Å². The van der Waals surface area contributed by atoms with E-state index in [1.807, 2.05) is 41.3 Å². The minimum absolute atomic E-state index is 0.0406. The van der Waals surface area contributed by atoms with Crippen molar-refractivity contribution in [2.24, 2.45) is 0 Å². The Balaban J connectivity index is 1.41. The Hall–Kier alpha value is -2.27. The third-order valence-corrected chi connectivity index (χ3v) is 4.74. The van der Waals surface area contributed by atoms with Gasteiger partial charge in [0, 0.05) is 6.54 Å². The Labute approximate surface area is 141 Å². The van der Waals surface area contributed by atoms with E-state index in [2.05, 4.69) is 0 Å². The minimum Gasteiger partial charge on any atom is -0.486 e. The highest BCUT2D eigenvalue weighted by Gasteiger charge is 2.39. The molecule has 4 rings (SSSR count). The number of furan rings is 1.